The lowest BCUT2D eigenvalue weighted by atomic mass is 9.95. The number of carbonyl (C=O) groups excluding carboxylic acids is 1. The molecule has 1 amide bonds. The van der Waals surface area contributed by atoms with Gasteiger partial charge in [0.2, 0.25) is 5.91 Å². The minimum absolute atomic E-state index is 0.0688. The topological polar surface area (TPSA) is 73.9 Å². The minimum atomic E-state index is 0.0688. The highest BCUT2D eigenvalue weighted by atomic mass is 16.1. The van der Waals surface area contributed by atoms with Crippen molar-refractivity contribution >= 4 is 22.6 Å². The zero-order valence-electron chi connectivity index (χ0n) is 14.9. The molecule has 0 atom stereocenters. The van der Waals surface area contributed by atoms with Gasteiger partial charge >= 0.3 is 0 Å². The summed E-state index contributed by atoms with van der Waals surface area (Å²) in [6.07, 6.45) is 5.48. The summed E-state index contributed by atoms with van der Waals surface area (Å²) in [5, 5.41) is 3.06. The predicted molar refractivity (Wildman–Crippen MR) is 102 cm³/mol. The first-order chi connectivity index (χ1) is 12.7. The molecule has 3 heterocycles. The highest BCUT2D eigenvalue weighted by Crippen LogP contribution is 2.22. The lowest BCUT2D eigenvalue weighted by Gasteiger charge is -2.31. The number of piperidine rings is 1. The van der Waals surface area contributed by atoms with Crippen molar-refractivity contribution in [3.05, 3.63) is 54.1 Å². The summed E-state index contributed by atoms with van der Waals surface area (Å²) in [4.78, 5) is 26.8. The zero-order valence-corrected chi connectivity index (χ0v) is 14.9. The van der Waals surface area contributed by atoms with E-state index in [1.807, 2.05) is 37.4 Å². The average Bonchev–Trinajstić information content (AvgIpc) is 3.02. The number of nitrogens with zero attached hydrogens (tertiary/aromatic N) is 3. The van der Waals surface area contributed by atoms with E-state index in [0.717, 1.165) is 55.0 Å². The van der Waals surface area contributed by atoms with Gasteiger partial charge in [0.1, 0.15) is 5.82 Å². The lowest BCUT2D eigenvalue weighted by Crippen LogP contribution is -2.37. The number of benzene rings is 1. The van der Waals surface area contributed by atoms with Crippen LogP contribution in [0.1, 0.15) is 24.2 Å². The Kier molecular flexibility index (Phi) is 4.67. The smallest absolute Gasteiger partial charge is 0.227 e. The largest absolute Gasteiger partial charge is 0.342 e. The molecule has 1 saturated heterocycles. The van der Waals surface area contributed by atoms with Crippen LogP contribution in [-0.2, 0) is 11.3 Å². The number of nitrogens with one attached hydrogen (secondary N) is 2. The third kappa shape index (κ3) is 3.75. The second-order valence-corrected chi connectivity index (χ2v) is 6.96. The van der Waals surface area contributed by atoms with E-state index in [0.29, 0.717) is 0 Å². The predicted octanol–water partition coefficient (Wildman–Crippen LogP) is 3.12. The molecule has 4 rings (SSSR count). The Balaban J connectivity index is 1.32. The fourth-order valence-corrected chi connectivity index (χ4v) is 3.56. The molecule has 2 aromatic heterocycles. The number of aryl methyl sites for hydroxylation is 1. The number of carbonyl (C=O) groups is 1. The van der Waals surface area contributed by atoms with Crippen LogP contribution in [0, 0.1) is 12.8 Å². The highest BCUT2D eigenvalue weighted by Gasteiger charge is 2.25. The molecule has 1 aliphatic heterocycles. The van der Waals surface area contributed by atoms with Gasteiger partial charge in [0.05, 0.1) is 11.0 Å². The van der Waals surface area contributed by atoms with Crippen molar-refractivity contribution in [2.75, 3.05) is 18.4 Å². The van der Waals surface area contributed by atoms with Crippen LogP contribution in [0.5, 0.6) is 0 Å². The van der Waals surface area contributed by atoms with Gasteiger partial charge in [-0.2, -0.15) is 0 Å². The highest BCUT2D eigenvalue weighted by molar-refractivity contribution is 5.94. The molecule has 1 aliphatic rings. The van der Waals surface area contributed by atoms with E-state index >= 15 is 0 Å². The van der Waals surface area contributed by atoms with Crippen molar-refractivity contribution < 1.29 is 4.79 Å². The van der Waals surface area contributed by atoms with Crippen LogP contribution in [-0.4, -0.2) is 38.8 Å². The second kappa shape index (κ2) is 7.25. The minimum Gasteiger partial charge on any atom is -0.342 e. The van der Waals surface area contributed by atoms with Crippen molar-refractivity contribution in [1.82, 2.24) is 19.9 Å². The van der Waals surface area contributed by atoms with Crippen LogP contribution in [0.15, 0.2) is 42.7 Å². The molecule has 0 bridgehead atoms. The van der Waals surface area contributed by atoms with E-state index in [1.165, 1.54) is 5.56 Å². The summed E-state index contributed by atoms with van der Waals surface area (Å²) in [5.41, 5.74) is 3.92. The maximum atomic E-state index is 12.6. The Morgan fingerprint density at radius 1 is 1.31 bits per heavy atom. The summed E-state index contributed by atoms with van der Waals surface area (Å²) in [6.45, 7) is 4.70. The zero-order chi connectivity index (χ0) is 17.9. The number of rotatable bonds is 4. The number of likely N-dealkylation sites (tertiary alicyclic amines) is 1. The van der Waals surface area contributed by atoms with Crippen LogP contribution < -0.4 is 5.32 Å². The molecule has 0 aliphatic carbocycles. The maximum absolute atomic E-state index is 12.6. The van der Waals surface area contributed by atoms with Crippen molar-refractivity contribution in [1.29, 1.82) is 0 Å². The average molecular weight is 349 g/mol. The fourth-order valence-electron chi connectivity index (χ4n) is 3.56. The molecule has 2 N–H and O–H groups in total. The molecule has 6 nitrogen and oxygen atoms in total. The van der Waals surface area contributed by atoms with E-state index < -0.39 is 0 Å². The van der Waals surface area contributed by atoms with Gasteiger partial charge in [0, 0.05) is 30.5 Å². The van der Waals surface area contributed by atoms with Crippen LogP contribution in [0.4, 0.5) is 5.69 Å². The molecule has 1 aromatic carbocycles. The van der Waals surface area contributed by atoms with Gasteiger partial charge in [-0.3, -0.25) is 14.7 Å². The third-order valence-corrected chi connectivity index (χ3v) is 4.96. The summed E-state index contributed by atoms with van der Waals surface area (Å²) >= 11 is 0. The quantitative estimate of drug-likeness (QED) is 0.759. The van der Waals surface area contributed by atoms with Crippen molar-refractivity contribution in [2.24, 2.45) is 5.92 Å². The Hall–Kier alpha value is -2.73. The fraction of sp³-hybridized carbons (Fsp3) is 0.350. The van der Waals surface area contributed by atoms with Gasteiger partial charge < -0.3 is 10.3 Å². The van der Waals surface area contributed by atoms with E-state index in [2.05, 4.69) is 31.2 Å². The molecule has 3 aromatic rings. The summed E-state index contributed by atoms with van der Waals surface area (Å²) in [6, 6.07) is 9.86. The monoisotopic (exact) mass is 349 g/mol. The van der Waals surface area contributed by atoms with Gasteiger partial charge in [-0.25, -0.2) is 4.98 Å². The first kappa shape index (κ1) is 16.7. The van der Waals surface area contributed by atoms with Gasteiger partial charge in [0.15, 0.2) is 0 Å². The van der Waals surface area contributed by atoms with Crippen LogP contribution >= 0.6 is 0 Å². The molecule has 134 valence electrons. The van der Waals surface area contributed by atoms with Crippen molar-refractivity contribution in [3.63, 3.8) is 0 Å². The van der Waals surface area contributed by atoms with Crippen LogP contribution in [0.3, 0.4) is 0 Å². The number of pyridine rings is 1. The van der Waals surface area contributed by atoms with Crippen LogP contribution in [0.25, 0.3) is 11.0 Å². The third-order valence-electron chi connectivity index (χ3n) is 4.96. The molecule has 0 spiro atoms. The van der Waals surface area contributed by atoms with Gasteiger partial charge in [0.25, 0.3) is 0 Å². The van der Waals surface area contributed by atoms with Crippen molar-refractivity contribution in [3.8, 4) is 0 Å². The number of H-pyrrole nitrogens is 1. The number of hydrogen-bond acceptors (Lipinski definition) is 4. The molecular formula is C20H23N5O. The Bertz CT molecular complexity index is 897. The number of anilines is 1. The van der Waals surface area contributed by atoms with Gasteiger partial charge in [-0.15, -0.1) is 0 Å². The van der Waals surface area contributed by atoms with E-state index in [1.54, 1.807) is 6.20 Å². The first-order valence-electron chi connectivity index (χ1n) is 9.06. The molecule has 6 heteroatoms. The second-order valence-electron chi connectivity index (χ2n) is 6.96. The molecule has 0 unspecified atom stereocenters. The number of amides is 1. The summed E-state index contributed by atoms with van der Waals surface area (Å²) in [7, 11) is 0. The first-order valence-corrected chi connectivity index (χ1v) is 9.06. The van der Waals surface area contributed by atoms with Crippen molar-refractivity contribution in [2.45, 2.75) is 26.3 Å². The number of aromatic amines is 1. The number of fused-ring (bicyclic) bond motifs is 1. The van der Waals surface area contributed by atoms with E-state index in [4.69, 9.17) is 0 Å². The number of hydrogen-bond donors (Lipinski definition) is 2. The Morgan fingerprint density at radius 2 is 2.15 bits per heavy atom. The SMILES string of the molecule is Cc1nc2ccc(NC(=O)C3CCN(Cc4cccnc4)CC3)cc2[nH]1. The van der Waals surface area contributed by atoms with E-state index in [-0.39, 0.29) is 11.8 Å². The Morgan fingerprint density at radius 3 is 2.92 bits per heavy atom. The lowest BCUT2D eigenvalue weighted by molar-refractivity contribution is -0.121. The molecule has 1 fully saturated rings. The Labute approximate surface area is 152 Å². The standard InChI is InChI=1S/C20H23N5O/c1-14-22-18-5-4-17(11-19(18)23-14)24-20(26)16-6-9-25(10-7-16)13-15-3-2-8-21-12-15/h2-5,8,11-12,16H,6-7,9-10,13H2,1H3,(H,22,23)(H,24,26). The van der Waals surface area contributed by atoms with Gasteiger partial charge in [-0.1, -0.05) is 6.07 Å². The normalized spacial score (nSPS) is 16.0. The van der Waals surface area contributed by atoms with Gasteiger partial charge in [-0.05, 0) is 62.7 Å². The molecule has 0 saturated carbocycles. The molecule has 0 radical (unpaired) electrons. The van der Waals surface area contributed by atoms with Crippen LogP contribution in [0.2, 0.25) is 0 Å². The maximum Gasteiger partial charge on any atom is 0.227 e. The number of imidazole rings is 1. The number of aromatic nitrogens is 3. The molecular weight excluding hydrogens is 326 g/mol. The molecule has 26 heavy (non-hydrogen) atoms. The summed E-state index contributed by atoms with van der Waals surface area (Å²) in [5.74, 6) is 1.06. The summed E-state index contributed by atoms with van der Waals surface area (Å²) < 4.78 is 0. The van der Waals surface area contributed by atoms with E-state index in [9.17, 15) is 4.79 Å².